The van der Waals surface area contributed by atoms with Gasteiger partial charge in [0.1, 0.15) is 4.83 Å². The van der Waals surface area contributed by atoms with Gasteiger partial charge in [-0.25, -0.2) is 4.98 Å². The Morgan fingerprint density at radius 2 is 1.94 bits per heavy atom. The molecule has 0 radical (unpaired) electrons. The lowest BCUT2D eigenvalue weighted by Crippen LogP contribution is -2.23. The molecule has 0 saturated carbocycles. The van der Waals surface area contributed by atoms with E-state index in [4.69, 9.17) is 16.6 Å². The molecule has 162 valence electrons. The molecule has 5 rings (SSSR count). The van der Waals surface area contributed by atoms with Gasteiger partial charge in [-0.2, -0.15) is 0 Å². The average molecular weight is 481 g/mol. The standard InChI is InChI=1S/C25H21ClN2O2S2/c1-15-7-12-19-21(13-15)32-23-22(19)24(30)28(18-10-8-17(26)9-11-18)25(27-23)31-14-20(29)16-5-3-2-4-6-16/h2-6,8-11,15H,7,12-14H2,1H3. The molecule has 2 heterocycles. The number of nitrogens with zero attached hydrogens (tertiary/aromatic N) is 2. The van der Waals surface area contributed by atoms with E-state index in [-0.39, 0.29) is 17.1 Å². The molecule has 0 amide bonds. The fourth-order valence-corrected chi connectivity index (χ4v) is 6.58. The number of aromatic nitrogens is 2. The maximum absolute atomic E-state index is 13.8. The predicted octanol–water partition coefficient (Wildman–Crippen LogP) is 6.20. The van der Waals surface area contributed by atoms with Gasteiger partial charge in [-0.15, -0.1) is 11.3 Å². The van der Waals surface area contributed by atoms with E-state index in [0.29, 0.717) is 27.3 Å². The van der Waals surface area contributed by atoms with Gasteiger partial charge in [0.25, 0.3) is 5.56 Å². The van der Waals surface area contributed by atoms with Crippen LogP contribution in [-0.4, -0.2) is 21.1 Å². The molecule has 2 aromatic heterocycles. The minimum absolute atomic E-state index is 0.00639. The number of thiophene rings is 1. The molecule has 7 heteroatoms. The third-order valence-corrected chi connectivity index (χ3v) is 8.15. The number of rotatable bonds is 5. The number of hydrogen-bond acceptors (Lipinski definition) is 5. The summed E-state index contributed by atoms with van der Waals surface area (Å²) in [5.74, 6) is 0.829. The first-order valence-corrected chi connectivity index (χ1v) is 12.7. The third-order valence-electron chi connectivity index (χ3n) is 5.81. The van der Waals surface area contributed by atoms with Gasteiger partial charge in [0, 0.05) is 15.5 Å². The SMILES string of the molecule is CC1CCc2c(sc3nc(SCC(=O)c4ccccc4)n(-c4ccc(Cl)cc4)c(=O)c23)C1. The Labute approximate surface area is 199 Å². The molecular weight excluding hydrogens is 460 g/mol. The smallest absolute Gasteiger partial charge is 0.267 e. The van der Waals surface area contributed by atoms with E-state index in [1.807, 2.05) is 30.3 Å². The van der Waals surface area contributed by atoms with Crippen molar-refractivity contribution in [2.24, 2.45) is 5.92 Å². The lowest BCUT2D eigenvalue weighted by molar-refractivity contribution is 0.102. The molecule has 0 N–H and O–H groups in total. The Hall–Kier alpha value is -2.41. The van der Waals surface area contributed by atoms with Crippen LogP contribution in [-0.2, 0) is 12.8 Å². The molecule has 0 saturated heterocycles. The number of hydrogen-bond donors (Lipinski definition) is 0. The van der Waals surface area contributed by atoms with Gasteiger partial charge in [0.2, 0.25) is 0 Å². The molecule has 1 unspecified atom stereocenters. The summed E-state index contributed by atoms with van der Waals surface area (Å²) in [6, 6.07) is 16.4. The fourth-order valence-electron chi connectivity index (χ4n) is 4.12. The topological polar surface area (TPSA) is 52.0 Å². The second-order valence-corrected chi connectivity index (χ2v) is 10.6. The molecule has 32 heavy (non-hydrogen) atoms. The van der Waals surface area contributed by atoms with Gasteiger partial charge >= 0.3 is 0 Å². The minimum atomic E-state index is -0.0703. The zero-order valence-corrected chi connectivity index (χ0v) is 19.9. The number of thioether (sulfide) groups is 1. The first-order chi connectivity index (χ1) is 15.5. The van der Waals surface area contributed by atoms with Crippen LogP contribution in [0.25, 0.3) is 15.9 Å². The highest BCUT2D eigenvalue weighted by molar-refractivity contribution is 7.99. The van der Waals surface area contributed by atoms with E-state index in [1.165, 1.54) is 16.6 Å². The van der Waals surface area contributed by atoms with Crippen molar-refractivity contribution >= 4 is 50.7 Å². The summed E-state index contributed by atoms with van der Waals surface area (Å²) in [4.78, 5) is 33.4. The van der Waals surface area contributed by atoms with Crippen LogP contribution in [0.3, 0.4) is 0 Å². The summed E-state index contributed by atoms with van der Waals surface area (Å²) in [6.45, 7) is 2.25. The van der Waals surface area contributed by atoms with Crippen molar-refractivity contribution < 1.29 is 4.79 Å². The lowest BCUT2D eigenvalue weighted by atomic mass is 9.89. The van der Waals surface area contributed by atoms with Gasteiger partial charge in [-0.1, -0.05) is 60.6 Å². The number of carbonyl (C=O) groups is 1. The van der Waals surface area contributed by atoms with Crippen LogP contribution < -0.4 is 5.56 Å². The Bertz CT molecular complexity index is 1360. The summed E-state index contributed by atoms with van der Waals surface area (Å²) in [5.41, 5.74) is 2.44. The quantitative estimate of drug-likeness (QED) is 0.194. The summed E-state index contributed by atoms with van der Waals surface area (Å²) in [7, 11) is 0. The Morgan fingerprint density at radius 3 is 2.69 bits per heavy atom. The van der Waals surface area contributed by atoms with Crippen molar-refractivity contribution in [2.75, 3.05) is 5.75 Å². The third kappa shape index (κ3) is 4.03. The van der Waals surface area contributed by atoms with Gasteiger partial charge in [0.05, 0.1) is 16.8 Å². The van der Waals surface area contributed by atoms with Crippen LogP contribution in [0.2, 0.25) is 5.02 Å². The maximum atomic E-state index is 13.8. The fraction of sp³-hybridized carbons (Fsp3) is 0.240. The van der Waals surface area contributed by atoms with E-state index in [0.717, 1.165) is 35.0 Å². The van der Waals surface area contributed by atoms with Crippen molar-refractivity contribution in [3.8, 4) is 5.69 Å². The first-order valence-electron chi connectivity index (χ1n) is 10.6. The number of fused-ring (bicyclic) bond motifs is 3. The average Bonchev–Trinajstić information content (AvgIpc) is 3.16. The molecule has 4 nitrogen and oxygen atoms in total. The first kappa shape index (κ1) is 21.4. The van der Waals surface area contributed by atoms with Crippen molar-refractivity contribution in [2.45, 2.75) is 31.3 Å². The maximum Gasteiger partial charge on any atom is 0.267 e. The summed E-state index contributed by atoms with van der Waals surface area (Å²) in [6.07, 6.45) is 2.99. The van der Waals surface area contributed by atoms with Gasteiger partial charge < -0.3 is 0 Å². The number of aryl methyl sites for hydroxylation is 1. The normalized spacial score (nSPS) is 15.6. The molecule has 4 aromatic rings. The van der Waals surface area contributed by atoms with Crippen LogP contribution in [0.5, 0.6) is 0 Å². The monoisotopic (exact) mass is 480 g/mol. The predicted molar refractivity (Wildman–Crippen MR) is 133 cm³/mol. The number of ketones is 1. The highest BCUT2D eigenvalue weighted by atomic mass is 35.5. The van der Waals surface area contributed by atoms with Crippen LogP contribution in [0.1, 0.15) is 34.1 Å². The molecule has 0 aliphatic heterocycles. The van der Waals surface area contributed by atoms with Crippen LogP contribution in [0.4, 0.5) is 0 Å². The van der Waals surface area contributed by atoms with Gasteiger partial charge in [0.15, 0.2) is 10.9 Å². The van der Waals surface area contributed by atoms with E-state index in [9.17, 15) is 9.59 Å². The van der Waals surface area contributed by atoms with Gasteiger partial charge in [-0.05, 0) is 55.0 Å². The molecule has 2 aromatic carbocycles. The van der Waals surface area contributed by atoms with Crippen LogP contribution >= 0.6 is 34.7 Å². The molecule has 1 aliphatic carbocycles. The second-order valence-electron chi connectivity index (χ2n) is 8.12. The summed E-state index contributed by atoms with van der Waals surface area (Å²) in [5, 5.41) is 1.86. The highest BCUT2D eigenvalue weighted by Gasteiger charge is 2.25. The van der Waals surface area contributed by atoms with E-state index >= 15 is 0 Å². The lowest BCUT2D eigenvalue weighted by Gasteiger charge is -2.17. The molecule has 1 aliphatic rings. The van der Waals surface area contributed by atoms with Crippen LogP contribution in [0, 0.1) is 5.92 Å². The number of halogens is 1. The number of carbonyl (C=O) groups excluding carboxylic acids is 1. The Morgan fingerprint density at radius 1 is 1.19 bits per heavy atom. The minimum Gasteiger partial charge on any atom is -0.293 e. The Balaban J connectivity index is 1.61. The Kier molecular flexibility index (Phi) is 5.93. The van der Waals surface area contributed by atoms with Crippen molar-refractivity contribution in [3.05, 3.63) is 86.0 Å². The zero-order valence-electron chi connectivity index (χ0n) is 17.5. The molecule has 0 spiro atoms. The van der Waals surface area contributed by atoms with E-state index < -0.39 is 0 Å². The number of benzene rings is 2. The molecule has 1 atom stereocenters. The van der Waals surface area contributed by atoms with E-state index in [1.54, 1.807) is 40.2 Å². The largest absolute Gasteiger partial charge is 0.293 e. The van der Waals surface area contributed by atoms with Crippen LogP contribution in [0.15, 0.2) is 64.5 Å². The van der Waals surface area contributed by atoms with E-state index in [2.05, 4.69) is 6.92 Å². The molecular formula is C25H21ClN2O2S2. The molecule has 0 bridgehead atoms. The molecule has 0 fully saturated rings. The second kappa shape index (κ2) is 8.85. The van der Waals surface area contributed by atoms with Gasteiger partial charge in [-0.3, -0.25) is 14.2 Å². The van der Waals surface area contributed by atoms with Crippen molar-refractivity contribution in [1.29, 1.82) is 0 Å². The van der Waals surface area contributed by atoms with Crippen molar-refractivity contribution in [3.63, 3.8) is 0 Å². The number of Topliss-reactive ketones (excluding diaryl/α,β-unsaturated/α-hetero) is 1. The summed E-state index contributed by atoms with van der Waals surface area (Å²) >= 11 is 9.01. The highest BCUT2D eigenvalue weighted by Crippen LogP contribution is 2.37. The van der Waals surface area contributed by atoms with Crippen molar-refractivity contribution in [1.82, 2.24) is 9.55 Å². The summed E-state index contributed by atoms with van der Waals surface area (Å²) < 4.78 is 1.63. The zero-order chi connectivity index (χ0) is 22.2.